The maximum Gasteiger partial charge on any atom is 0.331 e. The van der Waals surface area contributed by atoms with Crippen LogP contribution in [-0.4, -0.2) is 85.2 Å². The van der Waals surface area contributed by atoms with Crippen LogP contribution in [-0.2, 0) is 19.1 Å². The van der Waals surface area contributed by atoms with Gasteiger partial charge in [-0.3, -0.25) is 14.5 Å². The summed E-state index contributed by atoms with van der Waals surface area (Å²) in [5.41, 5.74) is 0.161. The number of likely N-dealkylation sites (N-methyl/N-ethyl adjacent to an activating group) is 2. The normalized spacial score (nSPS) is 19.4. The average molecular weight is 414 g/mol. The van der Waals surface area contributed by atoms with Gasteiger partial charge in [-0.2, -0.15) is 0 Å². The van der Waals surface area contributed by atoms with Gasteiger partial charge < -0.3 is 20.1 Å². The largest absolute Gasteiger partial charge is 0.478 e. The van der Waals surface area contributed by atoms with E-state index in [1.54, 1.807) is 14.0 Å². The first-order chi connectivity index (χ1) is 13.6. The summed E-state index contributed by atoms with van der Waals surface area (Å²) in [6, 6.07) is -1.08. The summed E-state index contributed by atoms with van der Waals surface area (Å²) >= 11 is 0. The first-order valence-corrected chi connectivity index (χ1v) is 10.3. The second-order valence-electron chi connectivity index (χ2n) is 7.54. The highest BCUT2D eigenvalue weighted by Crippen LogP contribution is 2.16. The van der Waals surface area contributed by atoms with Crippen molar-refractivity contribution < 1.29 is 24.2 Å². The molecule has 0 aromatic rings. The van der Waals surface area contributed by atoms with Crippen LogP contribution in [0.2, 0.25) is 0 Å². The van der Waals surface area contributed by atoms with Gasteiger partial charge in [0.1, 0.15) is 6.04 Å². The summed E-state index contributed by atoms with van der Waals surface area (Å²) in [5, 5.41) is 11.7. The third-order valence-corrected chi connectivity index (χ3v) is 4.86. The van der Waals surface area contributed by atoms with Gasteiger partial charge in [0.2, 0.25) is 11.8 Å². The molecule has 0 spiro atoms. The second-order valence-corrected chi connectivity index (χ2v) is 7.54. The predicted molar refractivity (Wildman–Crippen MR) is 114 cm³/mol. The highest BCUT2D eigenvalue weighted by atomic mass is 16.5. The van der Waals surface area contributed by atoms with Crippen molar-refractivity contribution in [2.45, 2.75) is 71.6 Å². The van der Waals surface area contributed by atoms with Gasteiger partial charge >= 0.3 is 5.97 Å². The molecular weight excluding hydrogens is 374 g/mol. The number of nitrogens with zero attached hydrogens (tertiary/aromatic N) is 2. The Morgan fingerprint density at radius 3 is 2.38 bits per heavy atom. The first kappa shape index (κ1) is 27.1. The lowest BCUT2D eigenvalue weighted by Crippen LogP contribution is -2.57. The standard InChI is InChI=1S/C18H31N3O5.C3H8/c1-12(18(24)25)9-11-21(4)17(23)15(13(2)26-5)19-16(22)14-8-6-7-10-20(14)3;1-3-2/h9,13-15H,6-8,10-11H2,1-5H3,(H,19,22)(H,24,25);3H2,1-2H3/b12-9+;. The van der Waals surface area contributed by atoms with Gasteiger partial charge in [-0.1, -0.05) is 32.8 Å². The van der Waals surface area contributed by atoms with Crippen molar-refractivity contribution in [2.24, 2.45) is 0 Å². The van der Waals surface area contributed by atoms with E-state index < -0.39 is 18.1 Å². The summed E-state index contributed by atoms with van der Waals surface area (Å²) in [5.74, 6) is -1.53. The minimum absolute atomic E-state index is 0.142. The van der Waals surface area contributed by atoms with E-state index >= 15 is 0 Å². The summed E-state index contributed by atoms with van der Waals surface area (Å²) in [4.78, 5) is 39.7. The van der Waals surface area contributed by atoms with Gasteiger partial charge in [-0.05, 0) is 40.3 Å². The first-order valence-electron chi connectivity index (χ1n) is 10.3. The number of aliphatic carboxylic acids is 1. The van der Waals surface area contributed by atoms with Crippen LogP contribution in [0.5, 0.6) is 0 Å². The molecule has 0 radical (unpaired) electrons. The molecule has 1 fully saturated rings. The van der Waals surface area contributed by atoms with E-state index in [1.807, 2.05) is 11.9 Å². The number of rotatable bonds is 8. The van der Waals surface area contributed by atoms with Crippen molar-refractivity contribution in [1.29, 1.82) is 0 Å². The van der Waals surface area contributed by atoms with Gasteiger partial charge in [0, 0.05) is 26.3 Å². The fourth-order valence-corrected chi connectivity index (χ4v) is 2.86. The van der Waals surface area contributed by atoms with E-state index in [2.05, 4.69) is 19.2 Å². The molecule has 29 heavy (non-hydrogen) atoms. The number of likely N-dealkylation sites (tertiary alicyclic amines) is 1. The summed E-state index contributed by atoms with van der Waals surface area (Å²) < 4.78 is 5.28. The van der Waals surface area contributed by atoms with Crippen LogP contribution in [0.1, 0.15) is 53.4 Å². The molecule has 8 heteroatoms. The lowest BCUT2D eigenvalue weighted by molar-refractivity contribution is -0.140. The summed E-state index contributed by atoms with van der Waals surface area (Å²) in [6.45, 7) is 8.44. The van der Waals surface area contributed by atoms with Gasteiger partial charge in [0.15, 0.2) is 0 Å². The smallest absolute Gasteiger partial charge is 0.331 e. The molecule has 1 heterocycles. The Bertz CT molecular complexity index is 565. The Labute approximate surface area is 175 Å². The van der Waals surface area contributed by atoms with E-state index in [9.17, 15) is 14.4 Å². The fourth-order valence-electron chi connectivity index (χ4n) is 2.86. The van der Waals surface area contributed by atoms with Crippen molar-refractivity contribution in [3.05, 3.63) is 11.6 Å². The number of carbonyl (C=O) groups excluding carboxylic acids is 2. The molecule has 0 bridgehead atoms. The van der Waals surface area contributed by atoms with Crippen LogP contribution in [0.3, 0.4) is 0 Å². The molecule has 1 aliphatic heterocycles. The SMILES string of the molecule is CCC.COC(C)C(NC(=O)C1CCCCN1C)C(=O)N(C)C/C=C(\C)C(=O)O. The predicted octanol–water partition coefficient (Wildman–Crippen LogP) is 1.90. The number of carboxylic acids is 1. The number of carbonyl (C=O) groups is 3. The molecular formula is C21H39N3O5. The number of nitrogens with one attached hydrogen (secondary N) is 1. The minimum Gasteiger partial charge on any atom is -0.478 e. The third kappa shape index (κ3) is 9.41. The molecule has 8 nitrogen and oxygen atoms in total. The highest BCUT2D eigenvalue weighted by molar-refractivity contribution is 5.90. The van der Waals surface area contributed by atoms with Crippen molar-refractivity contribution in [3.63, 3.8) is 0 Å². The molecule has 0 aliphatic carbocycles. The molecule has 1 saturated heterocycles. The molecule has 2 N–H and O–H groups in total. The molecule has 0 aromatic heterocycles. The Balaban J connectivity index is 0.00000245. The van der Waals surface area contributed by atoms with Gasteiger partial charge in [0.05, 0.1) is 12.1 Å². The summed E-state index contributed by atoms with van der Waals surface area (Å²) in [7, 11) is 4.96. The van der Waals surface area contributed by atoms with Crippen molar-refractivity contribution in [3.8, 4) is 0 Å². The lowest BCUT2D eigenvalue weighted by atomic mass is 10.0. The maximum atomic E-state index is 12.8. The molecule has 0 aromatic carbocycles. The van der Waals surface area contributed by atoms with Crippen molar-refractivity contribution in [1.82, 2.24) is 15.1 Å². The number of hydrogen-bond donors (Lipinski definition) is 2. The fraction of sp³-hybridized carbons (Fsp3) is 0.762. The molecule has 1 rings (SSSR count). The second kappa shape index (κ2) is 14.1. The van der Waals surface area contributed by atoms with Crippen molar-refractivity contribution in [2.75, 3.05) is 34.3 Å². The number of ether oxygens (including phenoxy) is 1. The lowest BCUT2D eigenvalue weighted by Gasteiger charge is -2.34. The van der Waals surface area contributed by atoms with E-state index in [-0.39, 0.29) is 30.0 Å². The van der Waals surface area contributed by atoms with Crippen LogP contribution < -0.4 is 5.32 Å². The van der Waals surface area contributed by atoms with Gasteiger partial charge in [-0.15, -0.1) is 0 Å². The number of piperidine rings is 1. The van der Waals surface area contributed by atoms with Crippen molar-refractivity contribution >= 4 is 17.8 Å². The van der Waals surface area contributed by atoms with Gasteiger partial charge in [0.25, 0.3) is 0 Å². The molecule has 3 unspecified atom stereocenters. The van der Waals surface area contributed by atoms with Crippen LogP contribution >= 0.6 is 0 Å². The number of hydrogen-bond acceptors (Lipinski definition) is 5. The quantitative estimate of drug-likeness (QED) is 0.590. The maximum absolute atomic E-state index is 12.8. The van der Waals surface area contributed by atoms with Crippen LogP contribution in [0.25, 0.3) is 0 Å². The molecule has 2 amide bonds. The van der Waals surface area contributed by atoms with E-state index in [0.29, 0.717) is 0 Å². The number of amides is 2. The van der Waals surface area contributed by atoms with E-state index in [0.717, 1.165) is 25.8 Å². The zero-order valence-corrected chi connectivity index (χ0v) is 19.0. The van der Waals surface area contributed by atoms with Crippen LogP contribution in [0.15, 0.2) is 11.6 Å². The monoisotopic (exact) mass is 413 g/mol. The Morgan fingerprint density at radius 2 is 1.90 bits per heavy atom. The Morgan fingerprint density at radius 1 is 1.31 bits per heavy atom. The molecule has 0 saturated carbocycles. The molecule has 3 atom stereocenters. The van der Waals surface area contributed by atoms with E-state index in [4.69, 9.17) is 9.84 Å². The average Bonchev–Trinajstić information content (AvgIpc) is 2.69. The van der Waals surface area contributed by atoms with Crippen LogP contribution in [0.4, 0.5) is 0 Å². The third-order valence-electron chi connectivity index (χ3n) is 4.86. The zero-order chi connectivity index (χ0) is 22.6. The number of methoxy groups -OCH3 is 1. The highest BCUT2D eigenvalue weighted by Gasteiger charge is 2.33. The molecule has 1 aliphatic rings. The van der Waals surface area contributed by atoms with E-state index in [1.165, 1.54) is 31.4 Å². The van der Waals surface area contributed by atoms with Gasteiger partial charge in [-0.25, -0.2) is 4.79 Å². The Kier molecular flexibility index (Phi) is 13.2. The zero-order valence-electron chi connectivity index (χ0n) is 19.0. The molecule has 168 valence electrons. The van der Waals surface area contributed by atoms with Crippen LogP contribution in [0, 0.1) is 0 Å². The minimum atomic E-state index is -1.03. The summed E-state index contributed by atoms with van der Waals surface area (Å²) in [6.07, 6.45) is 5.02. The topological polar surface area (TPSA) is 99.2 Å². The number of carboxylic acid groups (broad SMARTS) is 1. The Hall–Kier alpha value is -1.93.